The maximum atomic E-state index is 13.3. The van der Waals surface area contributed by atoms with Crippen LogP contribution in [0.4, 0.5) is 4.39 Å². The van der Waals surface area contributed by atoms with Crippen LogP contribution in [0.3, 0.4) is 0 Å². The largest absolute Gasteiger partial charge is 0.396 e. The molecule has 2 nitrogen and oxygen atoms in total. The quantitative estimate of drug-likeness (QED) is 0.804. The molecule has 15 heavy (non-hydrogen) atoms. The van der Waals surface area contributed by atoms with Crippen molar-refractivity contribution in [1.29, 1.82) is 0 Å². The van der Waals surface area contributed by atoms with Gasteiger partial charge in [0, 0.05) is 18.1 Å². The van der Waals surface area contributed by atoms with Crippen molar-refractivity contribution in [3.05, 3.63) is 35.1 Å². The van der Waals surface area contributed by atoms with Gasteiger partial charge >= 0.3 is 0 Å². The van der Waals surface area contributed by atoms with Gasteiger partial charge in [0.25, 0.3) is 0 Å². The molecule has 0 saturated carbocycles. The molecule has 0 bridgehead atoms. The van der Waals surface area contributed by atoms with E-state index in [0.29, 0.717) is 5.56 Å². The Balaban J connectivity index is 3.12. The molecule has 1 aromatic rings. The van der Waals surface area contributed by atoms with Crippen molar-refractivity contribution in [1.82, 2.24) is 0 Å². The minimum atomic E-state index is -0.446. The van der Waals surface area contributed by atoms with Gasteiger partial charge in [-0.25, -0.2) is 4.39 Å². The Morgan fingerprint density at radius 3 is 2.60 bits per heavy atom. The molecule has 3 heteroatoms. The standard InChI is InChI=1S/C12H18FNO/c1-8-9(5-4-6-10(8)13)11(14)12(2,3)7-15/h4-6,11,15H,7,14H2,1-3H3/t11-/m0/s1. The van der Waals surface area contributed by atoms with Crippen molar-refractivity contribution in [2.24, 2.45) is 11.1 Å². The second-order valence-corrected chi connectivity index (χ2v) is 4.58. The fourth-order valence-corrected chi connectivity index (χ4v) is 1.48. The highest BCUT2D eigenvalue weighted by atomic mass is 19.1. The van der Waals surface area contributed by atoms with Crippen LogP contribution in [-0.2, 0) is 0 Å². The van der Waals surface area contributed by atoms with Crippen LogP contribution in [0.1, 0.15) is 31.0 Å². The molecule has 84 valence electrons. The van der Waals surface area contributed by atoms with Gasteiger partial charge in [0.1, 0.15) is 5.82 Å². The number of halogens is 1. The SMILES string of the molecule is Cc1c(F)cccc1[C@H](N)C(C)(C)CO. The molecule has 0 radical (unpaired) electrons. The number of nitrogens with two attached hydrogens (primary N) is 1. The zero-order valence-corrected chi connectivity index (χ0v) is 9.42. The topological polar surface area (TPSA) is 46.2 Å². The number of hydrogen-bond donors (Lipinski definition) is 2. The summed E-state index contributed by atoms with van der Waals surface area (Å²) in [6.45, 7) is 5.41. The van der Waals surface area contributed by atoms with Crippen molar-refractivity contribution < 1.29 is 9.50 Å². The highest BCUT2D eigenvalue weighted by Crippen LogP contribution is 2.32. The maximum absolute atomic E-state index is 13.3. The van der Waals surface area contributed by atoms with E-state index in [2.05, 4.69) is 0 Å². The highest BCUT2D eigenvalue weighted by Gasteiger charge is 2.28. The van der Waals surface area contributed by atoms with Crippen molar-refractivity contribution in [3.63, 3.8) is 0 Å². The summed E-state index contributed by atoms with van der Waals surface area (Å²) in [5, 5.41) is 9.21. The third-order valence-corrected chi connectivity index (χ3v) is 2.89. The molecule has 0 saturated heterocycles. The number of rotatable bonds is 3. The predicted molar refractivity (Wildman–Crippen MR) is 58.9 cm³/mol. The van der Waals surface area contributed by atoms with Crippen molar-refractivity contribution >= 4 is 0 Å². The average Bonchev–Trinajstić information content (AvgIpc) is 2.21. The van der Waals surface area contributed by atoms with Gasteiger partial charge in [0.2, 0.25) is 0 Å². The zero-order chi connectivity index (χ0) is 11.6. The molecule has 0 unspecified atom stereocenters. The summed E-state index contributed by atoms with van der Waals surface area (Å²) in [7, 11) is 0. The van der Waals surface area contributed by atoms with Crippen LogP contribution < -0.4 is 5.73 Å². The second kappa shape index (κ2) is 4.29. The predicted octanol–water partition coefficient (Wildman–Crippen LogP) is 2.15. The van der Waals surface area contributed by atoms with E-state index in [4.69, 9.17) is 5.73 Å². The lowest BCUT2D eigenvalue weighted by atomic mass is 9.80. The minimum absolute atomic E-state index is 0.0237. The molecule has 0 aromatic heterocycles. The van der Waals surface area contributed by atoms with Crippen LogP contribution in [0.15, 0.2) is 18.2 Å². The monoisotopic (exact) mass is 211 g/mol. The van der Waals surface area contributed by atoms with E-state index in [1.54, 1.807) is 19.1 Å². The molecular formula is C12H18FNO. The molecule has 3 N–H and O–H groups in total. The van der Waals surface area contributed by atoms with Crippen LogP contribution in [-0.4, -0.2) is 11.7 Å². The van der Waals surface area contributed by atoms with Crippen LogP contribution in [0.25, 0.3) is 0 Å². The van der Waals surface area contributed by atoms with E-state index in [0.717, 1.165) is 5.56 Å². The summed E-state index contributed by atoms with van der Waals surface area (Å²) in [5.74, 6) is -0.253. The number of benzene rings is 1. The van der Waals surface area contributed by atoms with Gasteiger partial charge in [-0.05, 0) is 24.1 Å². The second-order valence-electron chi connectivity index (χ2n) is 4.58. The molecule has 1 atom stereocenters. The van der Waals surface area contributed by atoms with E-state index in [-0.39, 0.29) is 18.5 Å². The molecule has 0 fully saturated rings. The lowest BCUT2D eigenvalue weighted by molar-refractivity contribution is 0.132. The summed E-state index contributed by atoms with van der Waals surface area (Å²) in [4.78, 5) is 0. The van der Waals surface area contributed by atoms with E-state index < -0.39 is 5.41 Å². The van der Waals surface area contributed by atoms with Gasteiger partial charge in [-0.2, -0.15) is 0 Å². The Bertz CT molecular complexity index is 349. The van der Waals surface area contributed by atoms with Crippen molar-refractivity contribution in [2.75, 3.05) is 6.61 Å². The van der Waals surface area contributed by atoms with Crippen LogP contribution >= 0.6 is 0 Å². The lowest BCUT2D eigenvalue weighted by Crippen LogP contribution is -2.33. The van der Waals surface area contributed by atoms with E-state index in [1.807, 2.05) is 13.8 Å². The third kappa shape index (κ3) is 2.36. The van der Waals surface area contributed by atoms with E-state index >= 15 is 0 Å². The third-order valence-electron chi connectivity index (χ3n) is 2.89. The fourth-order valence-electron chi connectivity index (χ4n) is 1.48. The Labute approximate surface area is 89.9 Å². The summed E-state index contributed by atoms with van der Waals surface area (Å²) in [5.41, 5.74) is 6.90. The first-order valence-electron chi connectivity index (χ1n) is 5.01. The zero-order valence-electron chi connectivity index (χ0n) is 9.42. The van der Waals surface area contributed by atoms with Crippen LogP contribution in [0, 0.1) is 18.2 Å². The van der Waals surface area contributed by atoms with Crippen molar-refractivity contribution in [2.45, 2.75) is 26.8 Å². The summed E-state index contributed by atoms with van der Waals surface area (Å²) < 4.78 is 13.3. The summed E-state index contributed by atoms with van der Waals surface area (Å²) in [6.07, 6.45) is 0. The van der Waals surface area contributed by atoms with Crippen molar-refractivity contribution in [3.8, 4) is 0 Å². The smallest absolute Gasteiger partial charge is 0.126 e. The maximum Gasteiger partial charge on any atom is 0.126 e. The molecular weight excluding hydrogens is 193 g/mol. The van der Waals surface area contributed by atoms with E-state index in [9.17, 15) is 9.50 Å². The molecule has 0 heterocycles. The van der Waals surface area contributed by atoms with Gasteiger partial charge in [-0.3, -0.25) is 0 Å². The molecule has 1 rings (SSSR count). The Morgan fingerprint density at radius 2 is 2.07 bits per heavy atom. The number of aliphatic hydroxyl groups excluding tert-OH is 1. The van der Waals surface area contributed by atoms with Gasteiger partial charge in [0.05, 0.1) is 0 Å². The molecule has 1 aromatic carbocycles. The molecule has 0 amide bonds. The molecule has 0 aliphatic rings. The van der Waals surface area contributed by atoms with Gasteiger partial charge in [-0.1, -0.05) is 26.0 Å². The van der Waals surface area contributed by atoms with Gasteiger partial charge in [0.15, 0.2) is 0 Å². The van der Waals surface area contributed by atoms with Gasteiger partial charge < -0.3 is 10.8 Å². The molecule has 0 aliphatic carbocycles. The Kier molecular flexibility index (Phi) is 3.47. The summed E-state index contributed by atoms with van der Waals surface area (Å²) in [6, 6.07) is 4.50. The molecule has 0 aliphatic heterocycles. The average molecular weight is 211 g/mol. The Hall–Kier alpha value is -0.930. The fraction of sp³-hybridized carbons (Fsp3) is 0.500. The normalized spacial score (nSPS) is 14.0. The first-order chi connectivity index (χ1) is 6.90. The summed E-state index contributed by atoms with van der Waals surface area (Å²) >= 11 is 0. The first kappa shape index (κ1) is 12.1. The van der Waals surface area contributed by atoms with E-state index in [1.165, 1.54) is 6.07 Å². The Morgan fingerprint density at radius 1 is 1.47 bits per heavy atom. The minimum Gasteiger partial charge on any atom is -0.396 e. The van der Waals surface area contributed by atoms with Crippen LogP contribution in [0.5, 0.6) is 0 Å². The number of hydrogen-bond acceptors (Lipinski definition) is 2. The lowest BCUT2D eigenvalue weighted by Gasteiger charge is -2.30. The number of aliphatic hydroxyl groups is 1. The highest BCUT2D eigenvalue weighted by molar-refractivity contribution is 5.31. The molecule has 0 spiro atoms. The first-order valence-corrected chi connectivity index (χ1v) is 5.01. The van der Waals surface area contributed by atoms with Gasteiger partial charge in [-0.15, -0.1) is 0 Å². The van der Waals surface area contributed by atoms with Crippen LogP contribution in [0.2, 0.25) is 0 Å².